The zero-order valence-corrected chi connectivity index (χ0v) is 19.0. The van der Waals surface area contributed by atoms with Gasteiger partial charge in [0.2, 0.25) is 0 Å². The Morgan fingerprint density at radius 1 is 1.27 bits per heavy atom. The molecule has 148 valence electrons. The average molecular weight is 474 g/mol. The SMILES string of the molecule is CN=C(NCC(C)c1ccc(C)cc1)NC1CCN(CCOC)CC1.I. The molecule has 2 N–H and O–H groups in total. The molecule has 1 unspecified atom stereocenters. The number of benzene rings is 1. The zero-order valence-electron chi connectivity index (χ0n) is 16.6. The Balaban J connectivity index is 0.00000338. The molecule has 1 heterocycles. The maximum Gasteiger partial charge on any atom is 0.191 e. The molecule has 0 saturated carbocycles. The summed E-state index contributed by atoms with van der Waals surface area (Å²) < 4.78 is 5.16. The van der Waals surface area contributed by atoms with Gasteiger partial charge in [0.1, 0.15) is 0 Å². The van der Waals surface area contributed by atoms with Gasteiger partial charge in [-0.2, -0.15) is 0 Å². The summed E-state index contributed by atoms with van der Waals surface area (Å²) in [6, 6.07) is 9.29. The highest BCUT2D eigenvalue weighted by molar-refractivity contribution is 14.0. The van der Waals surface area contributed by atoms with Crippen molar-refractivity contribution < 1.29 is 4.74 Å². The Morgan fingerprint density at radius 2 is 1.92 bits per heavy atom. The predicted octanol–water partition coefficient (Wildman–Crippen LogP) is 2.99. The molecule has 1 aromatic carbocycles. The highest BCUT2D eigenvalue weighted by atomic mass is 127. The predicted molar refractivity (Wildman–Crippen MR) is 121 cm³/mol. The van der Waals surface area contributed by atoms with Gasteiger partial charge in [0.25, 0.3) is 0 Å². The summed E-state index contributed by atoms with van der Waals surface area (Å²) in [5.41, 5.74) is 2.67. The minimum atomic E-state index is 0. The van der Waals surface area contributed by atoms with Crippen molar-refractivity contribution in [1.29, 1.82) is 0 Å². The maximum absolute atomic E-state index is 5.16. The Bertz CT molecular complexity index is 527. The lowest BCUT2D eigenvalue weighted by Gasteiger charge is -2.33. The monoisotopic (exact) mass is 474 g/mol. The third kappa shape index (κ3) is 7.80. The number of hydrogen-bond donors (Lipinski definition) is 2. The Labute approximate surface area is 176 Å². The first-order valence-electron chi connectivity index (χ1n) is 9.37. The van der Waals surface area contributed by atoms with E-state index in [1.165, 1.54) is 11.1 Å². The summed E-state index contributed by atoms with van der Waals surface area (Å²) in [5, 5.41) is 7.06. The van der Waals surface area contributed by atoms with E-state index in [9.17, 15) is 0 Å². The van der Waals surface area contributed by atoms with Crippen molar-refractivity contribution in [2.45, 2.75) is 38.6 Å². The van der Waals surface area contributed by atoms with Crippen LogP contribution < -0.4 is 10.6 Å². The fraction of sp³-hybridized carbons (Fsp3) is 0.650. The molecule has 0 amide bonds. The first kappa shape index (κ1) is 23.2. The van der Waals surface area contributed by atoms with Gasteiger partial charge in [-0.05, 0) is 31.2 Å². The third-order valence-electron chi connectivity index (χ3n) is 4.99. The van der Waals surface area contributed by atoms with Gasteiger partial charge in [0, 0.05) is 46.4 Å². The topological polar surface area (TPSA) is 48.9 Å². The van der Waals surface area contributed by atoms with Crippen molar-refractivity contribution in [3.05, 3.63) is 35.4 Å². The minimum absolute atomic E-state index is 0. The van der Waals surface area contributed by atoms with Crippen LogP contribution in [0.4, 0.5) is 0 Å². The first-order chi connectivity index (χ1) is 12.1. The number of hydrogen-bond acceptors (Lipinski definition) is 3. The molecule has 1 fully saturated rings. The minimum Gasteiger partial charge on any atom is -0.383 e. The van der Waals surface area contributed by atoms with E-state index in [0.717, 1.165) is 51.6 Å². The van der Waals surface area contributed by atoms with Crippen LogP contribution in [-0.4, -0.2) is 63.8 Å². The number of nitrogens with one attached hydrogen (secondary N) is 2. The summed E-state index contributed by atoms with van der Waals surface area (Å²) in [7, 11) is 3.61. The van der Waals surface area contributed by atoms with E-state index < -0.39 is 0 Å². The van der Waals surface area contributed by atoms with Gasteiger partial charge in [0.15, 0.2) is 5.96 Å². The van der Waals surface area contributed by atoms with E-state index in [-0.39, 0.29) is 24.0 Å². The van der Waals surface area contributed by atoms with Crippen LogP contribution in [0.25, 0.3) is 0 Å². The van der Waals surface area contributed by atoms with Crippen molar-refractivity contribution in [1.82, 2.24) is 15.5 Å². The molecule has 0 aromatic heterocycles. The lowest BCUT2D eigenvalue weighted by molar-refractivity contribution is 0.128. The molecule has 1 saturated heterocycles. The van der Waals surface area contributed by atoms with Crippen molar-refractivity contribution in [3.8, 4) is 0 Å². The van der Waals surface area contributed by atoms with Gasteiger partial charge in [-0.25, -0.2) is 0 Å². The molecule has 0 bridgehead atoms. The van der Waals surface area contributed by atoms with Crippen LogP contribution in [0.1, 0.15) is 36.8 Å². The molecule has 1 aromatic rings. The zero-order chi connectivity index (χ0) is 18.1. The molecule has 2 rings (SSSR count). The molecule has 0 aliphatic carbocycles. The highest BCUT2D eigenvalue weighted by Gasteiger charge is 2.19. The van der Waals surface area contributed by atoms with E-state index >= 15 is 0 Å². The van der Waals surface area contributed by atoms with Crippen molar-refractivity contribution >= 4 is 29.9 Å². The number of halogens is 1. The molecule has 1 aliphatic heterocycles. The van der Waals surface area contributed by atoms with Crippen molar-refractivity contribution in [2.24, 2.45) is 4.99 Å². The van der Waals surface area contributed by atoms with E-state index in [2.05, 4.69) is 58.6 Å². The molecule has 5 nitrogen and oxygen atoms in total. The van der Waals surface area contributed by atoms with Crippen LogP contribution in [0.2, 0.25) is 0 Å². The van der Waals surface area contributed by atoms with Crippen LogP contribution in [0.3, 0.4) is 0 Å². The fourth-order valence-electron chi connectivity index (χ4n) is 3.17. The second-order valence-corrected chi connectivity index (χ2v) is 7.02. The first-order valence-corrected chi connectivity index (χ1v) is 9.37. The van der Waals surface area contributed by atoms with Gasteiger partial charge < -0.3 is 20.3 Å². The standard InChI is InChI=1S/C20H34N4O.HI/c1-16-5-7-18(8-6-16)17(2)15-22-20(21-3)23-19-9-11-24(12-10-19)13-14-25-4;/h5-8,17,19H,9-15H2,1-4H3,(H2,21,22,23);1H. The molecule has 0 radical (unpaired) electrons. The average Bonchev–Trinajstić information content (AvgIpc) is 2.64. The summed E-state index contributed by atoms with van der Waals surface area (Å²) >= 11 is 0. The normalized spacial score (nSPS) is 17.5. The van der Waals surface area contributed by atoms with Gasteiger partial charge in [-0.15, -0.1) is 24.0 Å². The number of nitrogens with zero attached hydrogens (tertiary/aromatic N) is 2. The molecule has 1 aliphatic rings. The summed E-state index contributed by atoms with van der Waals surface area (Å²) in [6.07, 6.45) is 2.30. The van der Waals surface area contributed by atoms with E-state index in [0.29, 0.717) is 12.0 Å². The molecule has 1 atom stereocenters. The lowest BCUT2D eigenvalue weighted by Crippen LogP contribution is -2.49. The third-order valence-corrected chi connectivity index (χ3v) is 4.99. The summed E-state index contributed by atoms with van der Waals surface area (Å²) in [4.78, 5) is 6.86. The number of rotatable bonds is 7. The van der Waals surface area contributed by atoms with Crippen LogP contribution >= 0.6 is 24.0 Å². The van der Waals surface area contributed by atoms with E-state index in [4.69, 9.17) is 4.74 Å². The van der Waals surface area contributed by atoms with Gasteiger partial charge in [0.05, 0.1) is 6.61 Å². The van der Waals surface area contributed by atoms with Crippen molar-refractivity contribution in [3.63, 3.8) is 0 Å². The van der Waals surface area contributed by atoms with Crippen LogP contribution in [0.15, 0.2) is 29.3 Å². The number of aliphatic imine (C=N–C) groups is 1. The number of methoxy groups -OCH3 is 1. The van der Waals surface area contributed by atoms with E-state index in [1.807, 2.05) is 7.05 Å². The Morgan fingerprint density at radius 3 is 2.50 bits per heavy atom. The number of piperidine rings is 1. The summed E-state index contributed by atoms with van der Waals surface area (Å²) in [6.45, 7) is 9.35. The molecule has 6 heteroatoms. The van der Waals surface area contributed by atoms with Gasteiger partial charge >= 0.3 is 0 Å². The van der Waals surface area contributed by atoms with Crippen LogP contribution in [-0.2, 0) is 4.74 Å². The fourth-order valence-corrected chi connectivity index (χ4v) is 3.17. The molecular weight excluding hydrogens is 439 g/mol. The summed E-state index contributed by atoms with van der Waals surface area (Å²) in [5.74, 6) is 1.37. The quantitative estimate of drug-likeness (QED) is 0.363. The van der Waals surface area contributed by atoms with Crippen molar-refractivity contribution in [2.75, 3.05) is 46.9 Å². The number of ether oxygens (including phenoxy) is 1. The molecule has 0 spiro atoms. The number of aryl methyl sites for hydroxylation is 1. The Kier molecular flexibility index (Phi) is 11.2. The largest absolute Gasteiger partial charge is 0.383 e. The second kappa shape index (κ2) is 12.5. The second-order valence-electron chi connectivity index (χ2n) is 7.02. The Hall–Kier alpha value is -0.860. The van der Waals surface area contributed by atoms with Gasteiger partial charge in [-0.1, -0.05) is 36.8 Å². The molecular formula is C20H35IN4O. The van der Waals surface area contributed by atoms with E-state index in [1.54, 1.807) is 7.11 Å². The van der Waals surface area contributed by atoms with Gasteiger partial charge in [-0.3, -0.25) is 4.99 Å². The maximum atomic E-state index is 5.16. The van der Waals surface area contributed by atoms with Crippen LogP contribution in [0, 0.1) is 6.92 Å². The smallest absolute Gasteiger partial charge is 0.191 e. The molecule has 26 heavy (non-hydrogen) atoms. The number of guanidine groups is 1. The van der Waals surface area contributed by atoms with Crippen LogP contribution in [0.5, 0.6) is 0 Å². The number of likely N-dealkylation sites (tertiary alicyclic amines) is 1. The highest BCUT2D eigenvalue weighted by Crippen LogP contribution is 2.15. The lowest BCUT2D eigenvalue weighted by atomic mass is 10.00.